The predicted molar refractivity (Wildman–Crippen MR) is 93.9 cm³/mol. The molecule has 25 heavy (non-hydrogen) atoms. The maximum Gasteiger partial charge on any atom is 0.230 e. The van der Waals surface area contributed by atoms with Gasteiger partial charge in [-0.15, -0.1) is 0 Å². The highest BCUT2D eigenvalue weighted by atomic mass is 19.1. The molecule has 1 aromatic carbocycles. The Bertz CT molecular complexity index is 615. The van der Waals surface area contributed by atoms with Crippen molar-refractivity contribution in [2.45, 2.75) is 49.5 Å². The summed E-state index contributed by atoms with van der Waals surface area (Å²) in [6, 6.07) is 6.42. The minimum Gasteiger partial charge on any atom is -0.379 e. The number of hydrogen-bond donors (Lipinski definition) is 1. The average molecular weight is 346 g/mol. The van der Waals surface area contributed by atoms with Crippen LogP contribution >= 0.6 is 0 Å². The van der Waals surface area contributed by atoms with Crippen LogP contribution in [0.2, 0.25) is 0 Å². The van der Waals surface area contributed by atoms with E-state index in [1.165, 1.54) is 25.0 Å². The van der Waals surface area contributed by atoms with Gasteiger partial charge < -0.3 is 10.1 Å². The first-order chi connectivity index (χ1) is 12.1. The van der Waals surface area contributed by atoms with Crippen molar-refractivity contribution in [3.8, 4) is 0 Å². The summed E-state index contributed by atoms with van der Waals surface area (Å²) in [7, 11) is 0. The highest BCUT2D eigenvalue weighted by Gasteiger charge is 2.52. The first-order valence-corrected chi connectivity index (χ1v) is 9.52. The van der Waals surface area contributed by atoms with Crippen molar-refractivity contribution in [3.05, 3.63) is 35.6 Å². The van der Waals surface area contributed by atoms with Gasteiger partial charge in [-0.05, 0) is 43.4 Å². The standard InChI is InChI=1S/C20H27FN2O2/c21-17-5-3-16(4-6-17)20(9-10-20)18(24)22-15-19(7-1-2-8-19)23-11-13-25-14-12-23/h3-6H,1-2,7-15H2,(H,22,24). The smallest absolute Gasteiger partial charge is 0.230 e. The molecule has 1 heterocycles. The number of benzene rings is 1. The van der Waals surface area contributed by atoms with Crippen molar-refractivity contribution in [2.24, 2.45) is 0 Å². The summed E-state index contributed by atoms with van der Waals surface area (Å²) < 4.78 is 18.7. The van der Waals surface area contributed by atoms with Crippen molar-refractivity contribution < 1.29 is 13.9 Å². The summed E-state index contributed by atoms with van der Waals surface area (Å²) in [6.45, 7) is 4.21. The lowest BCUT2D eigenvalue weighted by Crippen LogP contribution is -2.58. The van der Waals surface area contributed by atoms with E-state index in [2.05, 4.69) is 10.2 Å². The van der Waals surface area contributed by atoms with Crippen LogP contribution in [0.1, 0.15) is 44.1 Å². The van der Waals surface area contributed by atoms with Crippen molar-refractivity contribution in [3.63, 3.8) is 0 Å². The molecule has 2 aliphatic carbocycles. The highest BCUT2D eigenvalue weighted by molar-refractivity contribution is 5.91. The van der Waals surface area contributed by atoms with E-state index in [0.29, 0.717) is 0 Å². The number of rotatable bonds is 5. The summed E-state index contributed by atoms with van der Waals surface area (Å²) in [5.41, 5.74) is 0.606. The first kappa shape index (κ1) is 17.0. The molecule has 3 aliphatic rings. The summed E-state index contributed by atoms with van der Waals surface area (Å²) in [5.74, 6) is -0.143. The number of ether oxygens (including phenoxy) is 1. The molecule has 0 atom stereocenters. The van der Waals surface area contributed by atoms with E-state index in [1.54, 1.807) is 12.1 Å². The second-order valence-electron chi connectivity index (χ2n) is 7.80. The maximum absolute atomic E-state index is 13.2. The number of morpholine rings is 1. The number of nitrogens with zero attached hydrogens (tertiary/aromatic N) is 1. The minimum absolute atomic E-state index is 0.0956. The molecule has 0 bridgehead atoms. The summed E-state index contributed by atoms with van der Waals surface area (Å²) in [6.07, 6.45) is 6.48. The molecule has 0 aromatic heterocycles. The average Bonchev–Trinajstić information content (AvgIpc) is 3.32. The molecule has 3 fully saturated rings. The topological polar surface area (TPSA) is 41.6 Å². The lowest BCUT2D eigenvalue weighted by Gasteiger charge is -2.43. The van der Waals surface area contributed by atoms with Gasteiger partial charge >= 0.3 is 0 Å². The van der Waals surface area contributed by atoms with Gasteiger partial charge in [-0.3, -0.25) is 9.69 Å². The number of hydrogen-bond acceptors (Lipinski definition) is 3. The molecule has 5 heteroatoms. The van der Waals surface area contributed by atoms with Crippen LogP contribution in [0.15, 0.2) is 24.3 Å². The molecule has 0 radical (unpaired) electrons. The third-order valence-electron chi connectivity index (χ3n) is 6.38. The largest absolute Gasteiger partial charge is 0.379 e. The highest BCUT2D eigenvalue weighted by Crippen LogP contribution is 2.48. The van der Waals surface area contributed by atoms with Gasteiger partial charge in [0.2, 0.25) is 5.91 Å². The molecule has 1 N–H and O–H groups in total. The Kier molecular flexibility index (Phi) is 4.54. The second-order valence-corrected chi connectivity index (χ2v) is 7.80. The van der Waals surface area contributed by atoms with Crippen LogP contribution in [0.4, 0.5) is 4.39 Å². The number of halogens is 1. The number of carbonyl (C=O) groups is 1. The second kappa shape index (κ2) is 6.69. The fraction of sp³-hybridized carbons (Fsp3) is 0.650. The van der Waals surface area contributed by atoms with Gasteiger partial charge in [0, 0.05) is 25.2 Å². The van der Waals surface area contributed by atoms with E-state index in [0.717, 1.165) is 64.1 Å². The summed E-state index contributed by atoms with van der Waals surface area (Å²) >= 11 is 0. The zero-order valence-electron chi connectivity index (χ0n) is 14.7. The van der Waals surface area contributed by atoms with E-state index in [1.807, 2.05) is 0 Å². The van der Waals surface area contributed by atoms with Crippen LogP contribution in [-0.2, 0) is 14.9 Å². The normalized spacial score (nSPS) is 24.8. The molecule has 1 aliphatic heterocycles. The molecule has 4 rings (SSSR count). The van der Waals surface area contributed by atoms with Gasteiger partial charge in [-0.1, -0.05) is 25.0 Å². The van der Waals surface area contributed by atoms with Crippen LogP contribution in [0.3, 0.4) is 0 Å². The Hall–Kier alpha value is -1.46. The molecule has 0 unspecified atom stereocenters. The number of nitrogens with one attached hydrogen (secondary N) is 1. The molecular formula is C20H27FN2O2. The number of carbonyl (C=O) groups excluding carboxylic acids is 1. The van der Waals surface area contributed by atoms with Gasteiger partial charge in [0.05, 0.1) is 18.6 Å². The lowest BCUT2D eigenvalue weighted by molar-refractivity contribution is -0.124. The lowest BCUT2D eigenvalue weighted by atomic mass is 9.92. The Morgan fingerprint density at radius 1 is 1.08 bits per heavy atom. The summed E-state index contributed by atoms with van der Waals surface area (Å²) in [5, 5.41) is 3.26. The molecule has 4 nitrogen and oxygen atoms in total. The van der Waals surface area contributed by atoms with Crippen molar-refractivity contribution in [1.82, 2.24) is 10.2 Å². The fourth-order valence-electron chi connectivity index (χ4n) is 4.63. The van der Waals surface area contributed by atoms with Crippen LogP contribution in [0.5, 0.6) is 0 Å². The zero-order valence-corrected chi connectivity index (χ0v) is 14.7. The van der Waals surface area contributed by atoms with Gasteiger partial charge in [0.25, 0.3) is 0 Å². The van der Waals surface area contributed by atoms with Crippen LogP contribution in [0.25, 0.3) is 0 Å². The Balaban J connectivity index is 1.44. The molecule has 2 saturated carbocycles. The molecule has 1 saturated heterocycles. The minimum atomic E-state index is -0.432. The summed E-state index contributed by atoms with van der Waals surface area (Å²) in [4.78, 5) is 15.5. The van der Waals surface area contributed by atoms with Gasteiger partial charge in [0.15, 0.2) is 0 Å². The van der Waals surface area contributed by atoms with Crippen molar-refractivity contribution >= 4 is 5.91 Å². The molecular weight excluding hydrogens is 319 g/mol. The van der Waals surface area contributed by atoms with E-state index in [9.17, 15) is 9.18 Å². The van der Waals surface area contributed by atoms with Gasteiger partial charge in [0.1, 0.15) is 5.82 Å². The molecule has 1 amide bonds. The Morgan fingerprint density at radius 3 is 2.32 bits per heavy atom. The third-order valence-corrected chi connectivity index (χ3v) is 6.38. The van der Waals surface area contributed by atoms with Crippen LogP contribution in [-0.4, -0.2) is 49.2 Å². The van der Waals surface area contributed by atoms with E-state index in [4.69, 9.17) is 4.74 Å². The Morgan fingerprint density at radius 2 is 1.72 bits per heavy atom. The van der Waals surface area contributed by atoms with Crippen LogP contribution in [0, 0.1) is 5.82 Å². The monoisotopic (exact) mass is 346 g/mol. The van der Waals surface area contributed by atoms with E-state index >= 15 is 0 Å². The quantitative estimate of drug-likeness (QED) is 0.891. The molecule has 136 valence electrons. The van der Waals surface area contributed by atoms with Crippen LogP contribution < -0.4 is 5.32 Å². The fourth-order valence-corrected chi connectivity index (χ4v) is 4.63. The SMILES string of the molecule is O=C(NCC1(N2CCOCC2)CCCC1)C1(c2ccc(F)cc2)CC1. The first-order valence-electron chi connectivity index (χ1n) is 9.52. The Labute approximate surface area is 148 Å². The van der Waals surface area contributed by atoms with Crippen molar-refractivity contribution in [2.75, 3.05) is 32.8 Å². The zero-order chi connectivity index (χ0) is 17.3. The molecule has 0 spiro atoms. The predicted octanol–water partition coefficient (Wildman–Crippen LogP) is 2.62. The molecule has 1 aromatic rings. The van der Waals surface area contributed by atoms with Crippen molar-refractivity contribution in [1.29, 1.82) is 0 Å². The van der Waals surface area contributed by atoms with Gasteiger partial charge in [-0.25, -0.2) is 4.39 Å². The van der Waals surface area contributed by atoms with E-state index in [-0.39, 0.29) is 17.3 Å². The van der Waals surface area contributed by atoms with E-state index < -0.39 is 5.41 Å². The third kappa shape index (κ3) is 3.20. The van der Waals surface area contributed by atoms with Gasteiger partial charge in [-0.2, -0.15) is 0 Å². The maximum atomic E-state index is 13.2. The number of amides is 1.